The van der Waals surface area contributed by atoms with Crippen LogP contribution in [0.2, 0.25) is 0 Å². The van der Waals surface area contributed by atoms with Gasteiger partial charge in [-0.1, -0.05) is 19.9 Å². The number of pyridine rings is 1. The molecule has 0 fully saturated rings. The summed E-state index contributed by atoms with van der Waals surface area (Å²) in [5.74, 6) is 1.44. The number of hydrogen-bond acceptors (Lipinski definition) is 6. The Morgan fingerprint density at radius 3 is 2.85 bits per heavy atom. The van der Waals surface area contributed by atoms with Crippen molar-refractivity contribution in [2.45, 2.75) is 29.9 Å². The van der Waals surface area contributed by atoms with E-state index in [9.17, 15) is 0 Å². The van der Waals surface area contributed by atoms with Crippen LogP contribution in [-0.2, 0) is 0 Å². The van der Waals surface area contributed by atoms with Gasteiger partial charge in [0.15, 0.2) is 5.65 Å². The van der Waals surface area contributed by atoms with Crippen LogP contribution in [0.15, 0.2) is 40.6 Å². The number of rotatable bonds is 3. The van der Waals surface area contributed by atoms with E-state index in [4.69, 9.17) is 5.73 Å². The van der Waals surface area contributed by atoms with Crippen LogP contribution in [0.25, 0.3) is 5.65 Å². The first-order chi connectivity index (χ1) is 9.63. The molecule has 102 valence electrons. The molecule has 2 N–H and O–H groups in total. The summed E-state index contributed by atoms with van der Waals surface area (Å²) >= 11 is 1.43. The van der Waals surface area contributed by atoms with Gasteiger partial charge >= 0.3 is 0 Å². The third-order valence-electron chi connectivity index (χ3n) is 2.73. The lowest BCUT2D eigenvalue weighted by Gasteiger charge is -2.07. The molecular formula is C13H14N6S. The molecule has 0 aliphatic heterocycles. The second kappa shape index (κ2) is 5.09. The number of hydrogen-bond donors (Lipinski definition) is 1. The van der Waals surface area contributed by atoms with Crippen LogP contribution in [0.4, 0.5) is 5.82 Å². The lowest BCUT2D eigenvalue weighted by molar-refractivity contribution is 0.755. The van der Waals surface area contributed by atoms with Crippen molar-refractivity contribution in [2.75, 3.05) is 5.73 Å². The van der Waals surface area contributed by atoms with Gasteiger partial charge in [-0.2, -0.15) is 0 Å². The maximum absolute atomic E-state index is 5.83. The number of fused-ring (bicyclic) bond motifs is 1. The minimum Gasteiger partial charge on any atom is -0.384 e. The highest BCUT2D eigenvalue weighted by atomic mass is 32.2. The highest BCUT2D eigenvalue weighted by Crippen LogP contribution is 2.26. The van der Waals surface area contributed by atoms with Crippen LogP contribution in [-0.4, -0.2) is 24.6 Å². The van der Waals surface area contributed by atoms with Gasteiger partial charge in [-0.3, -0.25) is 4.40 Å². The minimum atomic E-state index is 0.230. The maximum Gasteiger partial charge on any atom is 0.201 e. The van der Waals surface area contributed by atoms with Crippen molar-refractivity contribution in [2.24, 2.45) is 0 Å². The molecule has 0 saturated heterocycles. The van der Waals surface area contributed by atoms with E-state index >= 15 is 0 Å². The molecule has 20 heavy (non-hydrogen) atoms. The first-order valence-corrected chi connectivity index (χ1v) is 7.07. The van der Waals surface area contributed by atoms with Crippen molar-refractivity contribution in [3.63, 3.8) is 0 Å². The smallest absolute Gasteiger partial charge is 0.201 e. The summed E-state index contributed by atoms with van der Waals surface area (Å²) in [6, 6.07) is 7.53. The molecule has 0 unspecified atom stereocenters. The molecule has 0 bridgehead atoms. The summed E-state index contributed by atoms with van der Waals surface area (Å²) in [6.07, 6.45) is 1.92. The third-order valence-corrected chi connectivity index (χ3v) is 3.61. The van der Waals surface area contributed by atoms with E-state index in [1.54, 1.807) is 6.07 Å². The number of anilines is 1. The van der Waals surface area contributed by atoms with Gasteiger partial charge in [-0.05, 0) is 23.9 Å². The Kier molecular flexibility index (Phi) is 3.27. The summed E-state index contributed by atoms with van der Waals surface area (Å²) < 4.78 is 1.91. The zero-order chi connectivity index (χ0) is 14.1. The van der Waals surface area contributed by atoms with Crippen molar-refractivity contribution in [1.29, 1.82) is 0 Å². The van der Waals surface area contributed by atoms with Gasteiger partial charge in [0, 0.05) is 18.2 Å². The normalized spacial score (nSPS) is 11.3. The molecular weight excluding hydrogens is 272 g/mol. The van der Waals surface area contributed by atoms with Crippen molar-refractivity contribution in [1.82, 2.24) is 24.6 Å². The van der Waals surface area contributed by atoms with Gasteiger partial charge in [-0.15, -0.1) is 10.2 Å². The fraction of sp³-hybridized carbons (Fsp3) is 0.231. The zero-order valence-electron chi connectivity index (χ0n) is 11.2. The molecule has 6 nitrogen and oxygen atoms in total. The molecule has 0 aliphatic carbocycles. The molecule has 3 aromatic rings. The standard InChI is InChI=1S/C13H14N6S/c1-8(2)12-15-9(14)7-11(16-12)20-13-18-17-10-5-3-4-6-19(10)13/h3-8H,1-2H3,(H2,14,15,16). The van der Waals surface area contributed by atoms with Gasteiger partial charge in [-0.25, -0.2) is 9.97 Å². The van der Waals surface area contributed by atoms with Crippen LogP contribution < -0.4 is 5.73 Å². The first kappa shape index (κ1) is 12.9. The molecule has 0 amide bonds. The summed E-state index contributed by atoms with van der Waals surface area (Å²) in [4.78, 5) is 8.74. The van der Waals surface area contributed by atoms with Gasteiger partial charge in [0.2, 0.25) is 5.16 Å². The molecule has 7 heteroatoms. The third kappa shape index (κ3) is 2.44. The number of nitrogens with two attached hydrogens (primary N) is 1. The summed E-state index contributed by atoms with van der Waals surface area (Å²) in [5.41, 5.74) is 6.64. The van der Waals surface area contributed by atoms with Crippen molar-refractivity contribution in [3.05, 3.63) is 36.3 Å². The van der Waals surface area contributed by atoms with E-state index < -0.39 is 0 Å². The van der Waals surface area contributed by atoms with Gasteiger partial charge in [0.25, 0.3) is 0 Å². The van der Waals surface area contributed by atoms with Crippen molar-refractivity contribution in [3.8, 4) is 0 Å². The zero-order valence-corrected chi connectivity index (χ0v) is 12.0. The number of aromatic nitrogens is 5. The Morgan fingerprint density at radius 1 is 1.20 bits per heavy atom. The average Bonchev–Trinajstić information content (AvgIpc) is 2.82. The van der Waals surface area contributed by atoms with E-state index in [0.717, 1.165) is 21.7 Å². The molecule has 0 spiro atoms. The van der Waals surface area contributed by atoms with Gasteiger partial charge < -0.3 is 5.73 Å². The Bertz CT molecular complexity index is 751. The Balaban J connectivity index is 1.98. The maximum atomic E-state index is 5.83. The lowest BCUT2D eigenvalue weighted by atomic mass is 10.2. The molecule has 0 radical (unpaired) electrons. The van der Waals surface area contributed by atoms with E-state index in [-0.39, 0.29) is 5.92 Å². The number of nitrogen functional groups attached to an aromatic ring is 1. The van der Waals surface area contributed by atoms with E-state index in [1.807, 2.05) is 42.6 Å². The summed E-state index contributed by atoms with van der Waals surface area (Å²) in [5, 5.41) is 9.82. The number of nitrogens with zero attached hydrogens (tertiary/aromatic N) is 5. The van der Waals surface area contributed by atoms with Crippen molar-refractivity contribution < 1.29 is 0 Å². The van der Waals surface area contributed by atoms with E-state index in [2.05, 4.69) is 20.2 Å². The fourth-order valence-electron chi connectivity index (χ4n) is 1.75. The Labute approximate surface area is 120 Å². The lowest BCUT2D eigenvalue weighted by Crippen LogP contribution is -2.02. The van der Waals surface area contributed by atoms with Crippen LogP contribution >= 0.6 is 11.8 Å². The van der Waals surface area contributed by atoms with E-state index in [1.165, 1.54) is 11.8 Å². The fourth-order valence-corrected chi connectivity index (χ4v) is 2.59. The van der Waals surface area contributed by atoms with Crippen LogP contribution in [0, 0.1) is 0 Å². The molecule has 3 rings (SSSR count). The highest BCUT2D eigenvalue weighted by molar-refractivity contribution is 7.99. The van der Waals surface area contributed by atoms with Crippen molar-refractivity contribution >= 4 is 23.2 Å². The van der Waals surface area contributed by atoms with Crippen LogP contribution in [0.1, 0.15) is 25.6 Å². The van der Waals surface area contributed by atoms with Gasteiger partial charge in [0.05, 0.1) is 0 Å². The van der Waals surface area contributed by atoms with Crippen LogP contribution in [0.3, 0.4) is 0 Å². The predicted octanol–water partition coefficient (Wildman–Crippen LogP) is 2.38. The Hall–Kier alpha value is -2.15. The largest absolute Gasteiger partial charge is 0.384 e. The monoisotopic (exact) mass is 286 g/mol. The molecule has 0 atom stereocenters. The van der Waals surface area contributed by atoms with E-state index in [0.29, 0.717) is 5.82 Å². The first-order valence-electron chi connectivity index (χ1n) is 6.25. The van der Waals surface area contributed by atoms with Gasteiger partial charge in [0.1, 0.15) is 16.7 Å². The summed E-state index contributed by atoms with van der Waals surface area (Å²) in [7, 11) is 0. The molecule has 3 heterocycles. The molecule has 0 aromatic carbocycles. The summed E-state index contributed by atoms with van der Waals surface area (Å²) in [6.45, 7) is 4.07. The molecule has 3 aromatic heterocycles. The minimum absolute atomic E-state index is 0.230. The Morgan fingerprint density at radius 2 is 2.05 bits per heavy atom. The SMILES string of the molecule is CC(C)c1nc(N)cc(Sc2nnc3ccccn23)n1. The highest BCUT2D eigenvalue weighted by Gasteiger charge is 2.11. The van der Waals surface area contributed by atoms with Crippen LogP contribution in [0.5, 0.6) is 0 Å². The predicted molar refractivity (Wildman–Crippen MR) is 77.6 cm³/mol. The molecule has 0 saturated carbocycles. The second-order valence-corrected chi connectivity index (χ2v) is 5.64. The molecule has 0 aliphatic rings. The quantitative estimate of drug-likeness (QED) is 0.744. The average molecular weight is 286 g/mol. The second-order valence-electron chi connectivity index (χ2n) is 4.66. The topological polar surface area (TPSA) is 82.0 Å².